The van der Waals surface area contributed by atoms with E-state index in [0.717, 1.165) is 36.7 Å². The van der Waals surface area contributed by atoms with Gasteiger partial charge in [-0.1, -0.05) is 11.8 Å². The van der Waals surface area contributed by atoms with E-state index in [1.165, 1.54) is 0 Å². The minimum Gasteiger partial charge on any atom is -0.312 e. The molecule has 6 heteroatoms. The molecule has 0 radical (unpaired) electrons. The first-order valence-electron chi connectivity index (χ1n) is 5.07. The fourth-order valence-corrected chi connectivity index (χ4v) is 2.79. The standard InChI is InChI=1S/C9H14IN3OS/c1-15-9-11-8(12-13-9)6-2-4-7(14-10)5-3-6/h6-7H,2-5H2,1H3,(H,11,12,13). The van der Waals surface area contributed by atoms with Crippen LogP contribution in [0.25, 0.3) is 0 Å². The van der Waals surface area contributed by atoms with Crippen LogP contribution in [0.1, 0.15) is 37.4 Å². The van der Waals surface area contributed by atoms with Crippen molar-refractivity contribution >= 4 is 34.8 Å². The predicted octanol–water partition coefficient (Wildman–Crippen LogP) is 2.92. The van der Waals surface area contributed by atoms with Gasteiger partial charge in [-0.3, -0.25) is 5.10 Å². The Labute approximate surface area is 108 Å². The number of nitrogens with zero attached hydrogens (tertiary/aromatic N) is 2. The molecule has 1 fully saturated rings. The maximum absolute atomic E-state index is 5.32. The van der Waals surface area contributed by atoms with Crippen molar-refractivity contribution in [2.45, 2.75) is 42.9 Å². The molecule has 1 aliphatic carbocycles. The normalized spacial score (nSPS) is 26.8. The Morgan fingerprint density at radius 3 is 2.67 bits per heavy atom. The van der Waals surface area contributed by atoms with Crippen molar-refractivity contribution in [3.63, 3.8) is 0 Å². The summed E-state index contributed by atoms with van der Waals surface area (Å²) in [5.41, 5.74) is 0. The Hall–Kier alpha value is 0.180. The third kappa shape index (κ3) is 2.85. The molecule has 1 aliphatic rings. The summed E-state index contributed by atoms with van der Waals surface area (Å²) in [7, 11) is 0. The van der Waals surface area contributed by atoms with Gasteiger partial charge in [-0.15, -0.1) is 5.10 Å². The summed E-state index contributed by atoms with van der Waals surface area (Å²) in [6.07, 6.45) is 6.98. The molecule has 0 aromatic carbocycles. The molecule has 0 amide bonds. The van der Waals surface area contributed by atoms with E-state index in [1.807, 2.05) is 29.3 Å². The molecule has 1 aromatic heterocycles. The van der Waals surface area contributed by atoms with Gasteiger partial charge in [0.2, 0.25) is 5.16 Å². The van der Waals surface area contributed by atoms with Crippen LogP contribution in [0, 0.1) is 0 Å². The van der Waals surface area contributed by atoms with Crippen molar-refractivity contribution in [1.29, 1.82) is 0 Å². The van der Waals surface area contributed by atoms with E-state index in [0.29, 0.717) is 12.0 Å². The van der Waals surface area contributed by atoms with Gasteiger partial charge >= 0.3 is 0 Å². The second-order valence-electron chi connectivity index (χ2n) is 3.77. The topological polar surface area (TPSA) is 50.8 Å². The first-order chi connectivity index (χ1) is 7.33. The third-order valence-electron chi connectivity index (χ3n) is 2.85. The summed E-state index contributed by atoms with van der Waals surface area (Å²) >= 11 is 3.58. The molecule has 0 bridgehead atoms. The molecular formula is C9H14IN3OS. The van der Waals surface area contributed by atoms with E-state index >= 15 is 0 Å². The van der Waals surface area contributed by atoms with Crippen LogP contribution in [0.4, 0.5) is 0 Å². The minimum absolute atomic E-state index is 0.435. The number of aromatic nitrogens is 3. The van der Waals surface area contributed by atoms with Crippen molar-refractivity contribution in [2.75, 3.05) is 6.26 Å². The maximum atomic E-state index is 5.32. The molecule has 15 heavy (non-hydrogen) atoms. The number of thioether (sulfide) groups is 1. The van der Waals surface area contributed by atoms with Gasteiger partial charge in [0.05, 0.1) is 6.10 Å². The lowest BCUT2D eigenvalue weighted by molar-refractivity contribution is 0.200. The highest BCUT2D eigenvalue weighted by Gasteiger charge is 2.24. The molecule has 1 heterocycles. The monoisotopic (exact) mass is 339 g/mol. The van der Waals surface area contributed by atoms with E-state index in [1.54, 1.807) is 11.8 Å². The van der Waals surface area contributed by atoms with Crippen molar-refractivity contribution in [1.82, 2.24) is 15.2 Å². The number of H-pyrrole nitrogens is 1. The van der Waals surface area contributed by atoms with Crippen LogP contribution >= 0.6 is 34.8 Å². The molecular weight excluding hydrogens is 325 g/mol. The number of hydrogen-bond donors (Lipinski definition) is 1. The van der Waals surface area contributed by atoms with Crippen LogP contribution in [0.2, 0.25) is 0 Å². The highest BCUT2D eigenvalue weighted by Crippen LogP contribution is 2.33. The van der Waals surface area contributed by atoms with Crippen molar-refractivity contribution in [3.05, 3.63) is 5.82 Å². The van der Waals surface area contributed by atoms with Crippen LogP contribution in [0.15, 0.2) is 5.16 Å². The van der Waals surface area contributed by atoms with Gasteiger partial charge in [-0.25, -0.2) is 4.98 Å². The van der Waals surface area contributed by atoms with Crippen molar-refractivity contribution in [3.8, 4) is 0 Å². The van der Waals surface area contributed by atoms with Gasteiger partial charge in [-0.05, 0) is 31.9 Å². The van der Waals surface area contributed by atoms with Crippen LogP contribution in [0.5, 0.6) is 0 Å². The van der Waals surface area contributed by atoms with E-state index < -0.39 is 0 Å². The van der Waals surface area contributed by atoms with Crippen molar-refractivity contribution < 1.29 is 3.07 Å². The van der Waals surface area contributed by atoms with Gasteiger partial charge in [0.1, 0.15) is 28.8 Å². The average Bonchev–Trinajstić information content (AvgIpc) is 2.78. The number of nitrogens with one attached hydrogen (secondary N) is 1. The second kappa shape index (κ2) is 5.49. The summed E-state index contributed by atoms with van der Waals surface area (Å²) < 4.78 is 5.32. The lowest BCUT2D eigenvalue weighted by atomic mass is 9.87. The molecule has 84 valence electrons. The zero-order chi connectivity index (χ0) is 10.7. The first-order valence-corrected chi connectivity index (χ1v) is 7.17. The lowest BCUT2D eigenvalue weighted by Gasteiger charge is -2.24. The molecule has 0 unspecified atom stereocenters. The molecule has 0 atom stereocenters. The Morgan fingerprint density at radius 2 is 2.13 bits per heavy atom. The summed E-state index contributed by atoms with van der Waals surface area (Å²) in [5.74, 6) is 1.59. The summed E-state index contributed by atoms with van der Waals surface area (Å²) in [4.78, 5) is 4.46. The molecule has 1 saturated carbocycles. The zero-order valence-corrected chi connectivity index (χ0v) is 11.5. The van der Waals surface area contributed by atoms with E-state index in [9.17, 15) is 0 Å². The third-order valence-corrected chi connectivity index (χ3v) is 4.12. The number of halogens is 1. The summed E-state index contributed by atoms with van der Waals surface area (Å²) in [5, 5.41) is 8.02. The average molecular weight is 339 g/mol. The van der Waals surface area contributed by atoms with Gasteiger partial charge in [-0.2, -0.15) is 0 Å². The second-order valence-corrected chi connectivity index (χ2v) is 5.05. The Morgan fingerprint density at radius 1 is 1.40 bits per heavy atom. The fraction of sp³-hybridized carbons (Fsp3) is 0.778. The molecule has 4 nitrogen and oxygen atoms in total. The molecule has 1 N–H and O–H groups in total. The SMILES string of the molecule is CSc1n[nH]c(C2CCC(OI)CC2)n1. The molecule has 0 aliphatic heterocycles. The van der Waals surface area contributed by atoms with Gasteiger partial charge in [0.15, 0.2) is 0 Å². The largest absolute Gasteiger partial charge is 0.312 e. The quantitative estimate of drug-likeness (QED) is 0.680. The summed E-state index contributed by atoms with van der Waals surface area (Å²) in [6.45, 7) is 0. The fourth-order valence-electron chi connectivity index (χ4n) is 1.96. The van der Waals surface area contributed by atoms with Crippen LogP contribution in [-0.2, 0) is 3.07 Å². The maximum Gasteiger partial charge on any atom is 0.208 e. The Balaban J connectivity index is 1.95. The minimum atomic E-state index is 0.435. The van der Waals surface area contributed by atoms with Crippen LogP contribution < -0.4 is 0 Å². The van der Waals surface area contributed by atoms with Gasteiger partial charge in [0.25, 0.3) is 0 Å². The first kappa shape index (κ1) is 11.7. The smallest absolute Gasteiger partial charge is 0.208 e. The Kier molecular flexibility index (Phi) is 4.27. The predicted molar refractivity (Wildman–Crippen MR) is 68.3 cm³/mol. The van der Waals surface area contributed by atoms with E-state index in [4.69, 9.17) is 3.07 Å². The highest BCUT2D eigenvalue weighted by atomic mass is 127. The molecule has 0 saturated heterocycles. The number of rotatable bonds is 3. The number of aromatic amines is 1. The van der Waals surface area contributed by atoms with Gasteiger partial charge < -0.3 is 3.07 Å². The zero-order valence-electron chi connectivity index (χ0n) is 8.57. The van der Waals surface area contributed by atoms with Crippen LogP contribution in [-0.4, -0.2) is 27.5 Å². The highest BCUT2D eigenvalue weighted by molar-refractivity contribution is 14.1. The van der Waals surface area contributed by atoms with Crippen LogP contribution in [0.3, 0.4) is 0 Å². The van der Waals surface area contributed by atoms with Crippen molar-refractivity contribution in [2.24, 2.45) is 0 Å². The lowest BCUT2D eigenvalue weighted by Crippen LogP contribution is -2.18. The molecule has 0 spiro atoms. The summed E-state index contributed by atoms with van der Waals surface area (Å²) in [6, 6.07) is 0. The van der Waals surface area contributed by atoms with E-state index in [2.05, 4.69) is 15.2 Å². The Bertz CT molecular complexity index is 312. The van der Waals surface area contributed by atoms with Gasteiger partial charge in [0, 0.05) is 5.92 Å². The molecule has 2 rings (SSSR count). The molecule has 1 aromatic rings. The van der Waals surface area contributed by atoms with E-state index in [-0.39, 0.29) is 0 Å². The number of hydrogen-bond acceptors (Lipinski definition) is 4.